The van der Waals surface area contributed by atoms with E-state index in [0.29, 0.717) is 34.4 Å². The Hall–Kier alpha value is -6.30. The van der Waals surface area contributed by atoms with E-state index in [1.807, 2.05) is 0 Å². The fraction of sp³-hybridized carbons (Fsp3) is 0.0385. The summed E-state index contributed by atoms with van der Waals surface area (Å²) in [6, 6.07) is 19.9. The molecule has 6 aromatic rings. The van der Waals surface area contributed by atoms with Gasteiger partial charge in [0.2, 0.25) is 0 Å². The molecule has 6 heterocycles. The van der Waals surface area contributed by atoms with Crippen LogP contribution in [-0.4, -0.2) is 63.6 Å². The van der Waals surface area contributed by atoms with Gasteiger partial charge < -0.3 is 34.5 Å². The average Bonchev–Trinajstić information content (AvgIpc) is 3.88. The third-order valence-corrected chi connectivity index (χ3v) is 4.81. The number of halogens is 8. The minimum atomic E-state index is -6.00. The Morgan fingerprint density at radius 1 is 0.500 bits per heavy atom. The minimum Gasteiger partial charge on any atom is -0.418 e. The Balaban J connectivity index is 0.000000368. The van der Waals surface area contributed by atoms with Crippen LogP contribution in [0.15, 0.2) is 98.1 Å². The van der Waals surface area contributed by atoms with Crippen molar-refractivity contribution >= 4 is 14.5 Å². The summed E-state index contributed by atoms with van der Waals surface area (Å²) in [6.45, 7) is 1.43. The first-order chi connectivity index (χ1) is 23.1. The summed E-state index contributed by atoms with van der Waals surface area (Å²) < 4.78 is 84.4. The molecule has 0 saturated carbocycles. The molecule has 0 aliphatic carbocycles. The molecule has 50 heavy (non-hydrogen) atoms. The molecule has 0 fully saturated rings. The Bertz CT molecular complexity index is 1710. The van der Waals surface area contributed by atoms with E-state index in [2.05, 4.69) is 42.5 Å². The number of aromatic nitrogens is 10. The van der Waals surface area contributed by atoms with Gasteiger partial charge in [0.05, 0.1) is 29.3 Å². The van der Waals surface area contributed by atoms with Gasteiger partial charge in [-0.2, -0.15) is 36.2 Å². The average molecular weight is 743 g/mol. The predicted molar refractivity (Wildman–Crippen MR) is 158 cm³/mol. The molecule has 0 amide bonds. The summed E-state index contributed by atoms with van der Waals surface area (Å²) in [6.07, 6.45) is 13.7. The van der Waals surface area contributed by atoms with E-state index < -0.39 is 14.5 Å². The molecule has 0 aromatic carbocycles. The first-order valence-electron chi connectivity index (χ1n) is 13.0. The largest absolute Gasteiger partial charge is 2.00 e. The molecule has 0 spiro atoms. The van der Waals surface area contributed by atoms with Crippen LogP contribution in [0.2, 0.25) is 0 Å². The van der Waals surface area contributed by atoms with Gasteiger partial charge in [0.1, 0.15) is 0 Å². The van der Waals surface area contributed by atoms with Crippen molar-refractivity contribution in [3.05, 3.63) is 109 Å². The molecule has 0 atom stereocenters. The molecule has 0 radical (unpaired) electrons. The van der Waals surface area contributed by atoms with Crippen LogP contribution < -0.4 is 0 Å². The van der Waals surface area contributed by atoms with Gasteiger partial charge in [0.15, 0.2) is 23.3 Å². The van der Waals surface area contributed by atoms with Crippen LogP contribution in [0.5, 0.6) is 0 Å². The van der Waals surface area contributed by atoms with Crippen molar-refractivity contribution in [2.45, 2.75) is 6.92 Å². The van der Waals surface area contributed by atoms with E-state index in [1.54, 1.807) is 123 Å². The molecule has 6 aromatic heterocycles. The van der Waals surface area contributed by atoms with Crippen LogP contribution in [0.4, 0.5) is 34.5 Å². The second-order valence-electron chi connectivity index (χ2n) is 8.38. The summed E-state index contributed by atoms with van der Waals surface area (Å²) in [5.74, 6) is 2.35. The van der Waals surface area contributed by atoms with Gasteiger partial charge >= 0.3 is 31.6 Å². The molecule has 0 N–H and O–H groups in total. The first kappa shape index (κ1) is 41.7. The second kappa shape index (κ2) is 20.2. The van der Waals surface area contributed by atoms with Gasteiger partial charge in [-0.15, -0.1) is 0 Å². The van der Waals surface area contributed by atoms with Crippen molar-refractivity contribution in [1.82, 2.24) is 49.1 Å². The smallest absolute Gasteiger partial charge is 0.418 e. The molecule has 0 unspecified atom stereocenters. The van der Waals surface area contributed by atoms with Crippen LogP contribution >= 0.6 is 0 Å². The van der Waals surface area contributed by atoms with Crippen molar-refractivity contribution in [3.63, 3.8) is 0 Å². The second-order valence-corrected chi connectivity index (χ2v) is 8.38. The van der Waals surface area contributed by atoms with Crippen molar-refractivity contribution < 1.29 is 51.6 Å². The van der Waals surface area contributed by atoms with Gasteiger partial charge in [-0.25, -0.2) is 28.7 Å². The molecule has 6 rings (SSSR count). The quantitative estimate of drug-likeness (QED) is 0.161. The van der Waals surface area contributed by atoms with Crippen molar-refractivity contribution in [2.24, 2.45) is 0 Å². The van der Waals surface area contributed by atoms with E-state index in [4.69, 9.17) is 15.8 Å². The van der Waals surface area contributed by atoms with Gasteiger partial charge in [0.25, 0.3) is 0 Å². The van der Waals surface area contributed by atoms with E-state index in [9.17, 15) is 34.5 Å². The number of hydrogen-bond donors (Lipinski definition) is 0. The molecule has 0 aliphatic rings. The number of hydrogen-bond acceptors (Lipinski definition) is 9. The van der Waals surface area contributed by atoms with Crippen LogP contribution in [0.25, 0.3) is 23.3 Å². The van der Waals surface area contributed by atoms with E-state index >= 15 is 0 Å². The summed E-state index contributed by atoms with van der Waals surface area (Å²) in [7, 11) is -12.0. The zero-order valence-corrected chi connectivity index (χ0v) is 26.2. The van der Waals surface area contributed by atoms with Crippen molar-refractivity contribution in [3.8, 4) is 41.5 Å². The molecule has 13 nitrogen and oxygen atoms in total. The van der Waals surface area contributed by atoms with E-state index in [0.717, 1.165) is 0 Å². The monoisotopic (exact) mass is 743 g/mol. The van der Waals surface area contributed by atoms with E-state index in [-0.39, 0.29) is 17.1 Å². The fourth-order valence-electron chi connectivity index (χ4n) is 3.22. The summed E-state index contributed by atoms with van der Waals surface area (Å²) >= 11 is 0. The normalized spacial score (nSPS) is 9.88. The van der Waals surface area contributed by atoms with Gasteiger partial charge in [-0.1, -0.05) is 0 Å². The molecular formula is C26H19B2F8FeN13. The number of nitrogens with zero attached hydrogens (tertiary/aromatic N) is 13. The maximum Gasteiger partial charge on any atom is 2.00 e. The van der Waals surface area contributed by atoms with Crippen LogP contribution in [-0.2, 0) is 17.1 Å². The minimum absolute atomic E-state index is 0. The predicted octanol–water partition coefficient (Wildman–Crippen LogP) is 5.78. The first-order valence-corrected chi connectivity index (χ1v) is 13.0. The Kier molecular flexibility index (Phi) is 16.8. The zero-order chi connectivity index (χ0) is 36.5. The molecular weight excluding hydrogens is 724 g/mol. The molecule has 0 bridgehead atoms. The van der Waals surface area contributed by atoms with Gasteiger partial charge in [-0.05, 0) is 24.3 Å². The van der Waals surface area contributed by atoms with Crippen LogP contribution in [0, 0.1) is 34.0 Å². The van der Waals surface area contributed by atoms with Gasteiger partial charge in [0, 0.05) is 80.8 Å². The molecule has 258 valence electrons. The maximum atomic E-state index is 9.75. The number of nitriles is 3. The standard InChI is InChI=1S/2C12H8N6.C2H3N.2BF4.Fe/c2*13-9-10-7-11(17-5-1-3-14-17)16-12(8-10)18-6-2-4-15-18;1-2-3;2*2-1(3,4)5;/h2*1-8H;1H3;;;/q;;;2*-1;+2. The zero-order valence-electron chi connectivity index (χ0n) is 25.1. The van der Waals surface area contributed by atoms with Crippen LogP contribution in [0.3, 0.4) is 0 Å². The van der Waals surface area contributed by atoms with Crippen molar-refractivity contribution in [1.29, 1.82) is 15.8 Å². The summed E-state index contributed by atoms with van der Waals surface area (Å²) in [5.41, 5.74) is 1.03. The Morgan fingerprint density at radius 3 is 0.840 bits per heavy atom. The molecule has 0 aliphatic heterocycles. The number of rotatable bonds is 4. The Morgan fingerprint density at radius 2 is 0.700 bits per heavy atom. The van der Waals surface area contributed by atoms with Crippen LogP contribution in [0.1, 0.15) is 18.1 Å². The third kappa shape index (κ3) is 16.0. The number of pyridine rings is 2. The topological polar surface area (TPSA) is 168 Å². The van der Waals surface area contributed by atoms with E-state index in [1.165, 1.54) is 6.92 Å². The summed E-state index contributed by atoms with van der Waals surface area (Å²) in [5, 5.41) is 41.8. The Labute approximate surface area is 288 Å². The van der Waals surface area contributed by atoms with Gasteiger partial charge in [-0.3, -0.25) is 0 Å². The molecule has 24 heteroatoms. The summed E-state index contributed by atoms with van der Waals surface area (Å²) in [4.78, 5) is 8.83. The third-order valence-electron chi connectivity index (χ3n) is 4.81. The molecule has 0 saturated heterocycles. The maximum absolute atomic E-state index is 9.75. The fourth-order valence-corrected chi connectivity index (χ4v) is 3.22. The van der Waals surface area contributed by atoms with Crippen molar-refractivity contribution in [2.75, 3.05) is 0 Å². The SMILES string of the molecule is CC#N.F[B-](F)(F)F.F[B-](F)(F)F.N#Cc1cc(-n2cccn2)nc(-n2cccn2)c1.N#Cc1cc(-n2cccn2)nc(-n2cccn2)c1.[Fe+2].